The minimum absolute atomic E-state index is 0.102. The molecular weight excluding hydrogens is 192 g/mol. The van der Waals surface area contributed by atoms with Crippen LogP contribution < -0.4 is 0 Å². The van der Waals surface area contributed by atoms with E-state index in [0.717, 1.165) is 5.76 Å². The number of hydrogen-bond acceptors (Lipinski definition) is 4. The van der Waals surface area contributed by atoms with Crippen molar-refractivity contribution < 1.29 is 9.21 Å². The van der Waals surface area contributed by atoms with Crippen molar-refractivity contribution in [2.75, 3.05) is 0 Å². The average molecular weight is 202 g/mol. The van der Waals surface area contributed by atoms with Crippen molar-refractivity contribution in [1.29, 1.82) is 0 Å². The maximum Gasteiger partial charge on any atom is 0.205 e. The summed E-state index contributed by atoms with van der Waals surface area (Å²) in [7, 11) is 0. The van der Waals surface area contributed by atoms with Gasteiger partial charge in [0.05, 0.1) is 6.42 Å². The van der Waals surface area contributed by atoms with E-state index in [1.54, 1.807) is 37.5 Å². The van der Waals surface area contributed by atoms with Crippen molar-refractivity contribution in [3.8, 4) is 0 Å². The van der Waals surface area contributed by atoms with E-state index in [0.29, 0.717) is 11.6 Å². The molecule has 4 heteroatoms. The van der Waals surface area contributed by atoms with Crippen LogP contribution in [0.1, 0.15) is 22.1 Å². The van der Waals surface area contributed by atoms with E-state index in [4.69, 9.17) is 4.42 Å². The molecule has 0 saturated heterocycles. The SMILES string of the molecule is Cc1ccc(C(=O)Cc2ncccn2)o1. The van der Waals surface area contributed by atoms with Crippen molar-refractivity contribution in [2.24, 2.45) is 0 Å². The number of Topliss-reactive ketones (excluding diaryl/α,β-unsaturated/α-hetero) is 1. The van der Waals surface area contributed by atoms with E-state index in [-0.39, 0.29) is 12.2 Å². The molecule has 0 atom stereocenters. The first-order valence-corrected chi connectivity index (χ1v) is 4.61. The van der Waals surface area contributed by atoms with Crippen LogP contribution >= 0.6 is 0 Å². The van der Waals surface area contributed by atoms with Gasteiger partial charge < -0.3 is 4.42 Å². The minimum Gasteiger partial charge on any atom is -0.458 e. The van der Waals surface area contributed by atoms with Crippen molar-refractivity contribution in [1.82, 2.24) is 9.97 Å². The topological polar surface area (TPSA) is 56.0 Å². The number of hydrogen-bond donors (Lipinski definition) is 0. The smallest absolute Gasteiger partial charge is 0.205 e. The molecule has 0 radical (unpaired) electrons. The monoisotopic (exact) mass is 202 g/mol. The summed E-state index contributed by atoms with van der Waals surface area (Å²) in [5, 5.41) is 0. The fourth-order valence-corrected chi connectivity index (χ4v) is 1.24. The van der Waals surface area contributed by atoms with Gasteiger partial charge in [-0.25, -0.2) is 9.97 Å². The van der Waals surface area contributed by atoms with Crippen LogP contribution in [-0.4, -0.2) is 15.8 Å². The zero-order valence-corrected chi connectivity index (χ0v) is 8.30. The number of ketones is 1. The van der Waals surface area contributed by atoms with Gasteiger partial charge in [-0.2, -0.15) is 0 Å². The number of carbonyl (C=O) groups is 1. The summed E-state index contributed by atoms with van der Waals surface area (Å²) in [6.07, 6.45) is 3.40. The van der Waals surface area contributed by atoms with Gasteiger partial charge in [0.1, 0.15) is 11.6 Å². The highest BCUT2D eigenvalue weighted by Gasteiger charge is 2.11. The van der Waals surface area contributed by atoms with Gasteiger partial charge in [0, 0.05) is 12.4 Å². The fraction of sp³-hybridized carbons (Fsp3) is 0.182. The fourth-order valence-electron chi connectivity index (χ4n) is 1.24. The first-order valence-electron chi connectivity index (χ1n) is 4.61. The predicted octanol–water partition coefficient (Wildman–Crippen LogP) is 1.80. The van der Waals surface area contributed by atoms with Gasteiger partial charge >= 0.3 is 0 Å². The number of rotatable bonds is 3. The molecule has 0 amide bonds. The van der Waals surface area contributed by atoms with Crippen LogP contribution in [-0.2, 0) is 6.42 Å². The highest BCUT2D eigenvalue weighted by Crippen LogP contribution is 2.08. The van der Waals surface area contributed by atoms with E-state index in [9.17, 15) is 4.79 Å². The van der Waals surface area contributed by atoms with Crippen LogP contribution in [0.3, 0.4) is 0 Å². The van der Waals surface area contributed by atoms with E-state index in [1.165, 1.54) is 0 Å². The third-order valence-electron chi connectivity index (χ3n) is 1.95. The van der Waals surface area contributed by atoms with Gasteiger partial charge in [-0.15, -0.1) is 0 Å². The quantitative estimate of drug-likeness (QED) is 0.712. The Balaban J connectivity index is 2.11. The van der Waals surface area contributed by atoms with Gasteiger partial charge in [-0.1, -0.05) is 0 Å². The molecule has 2 rings (SSSR count). The third kappa shape index (κ3) is 2.28. The molecule has 2 aromatic rings. The lowest BCUT2D eigenvalue weighted by molar-refractivity contribution is 0.0963. The molecular formula is C11H10N2O2. The lowest BCUT2D eigenvalue weighted by Crippen LogP contribution is -2.05. The van der Waals surface area contributed by atoms with Crippen LogP contribution in [0.4, 0.5) is 0 Å². The third-order valence-corrected chi connectivity index (χ3v) is 1.95. The van der Waals surface area contributed by atoms with Gasteiger partial charge in [0.15, 0.2) is 5.76 Å². The summed E-state index contributed by atoms with van der Waals surface area (Å²) in [6.45, 7) is 1.80. The Morgan fingerprint density at radius 3 is 2.67 bits per heavy atom. The van der Waals surface area contributed by atoms with Crippen LogP contribution in [0.25, 0.3) is 0 Å². The standard InChI is InChI=1S/C11H10N2O2/c1-8-3-4-10(15-8)9(14)7-11-12-5-2-6-13-11/h2-6H,7H2,1H3. The zero-order chi connectivity index (χ0) is 10.7. The Labute approximate surface area is 87.0 Å². The van der Waals surface area contributed by atoms with E-state index in [2.05, 4.69) is 9.97 Å². The Kier molecular flexibility index (Phi) is 2.58. The predicted molar refractivity (Wildman–Crippen MR) is 53.5 cm³/mol. The maximum atomic E-state index is 11.7. The van der Waals surface area contributed by atoms with Crippen molar-refractivity contribution in [3.05, 3.63) is 47.9 Å². The summed E-state index contributed by atoms with van der Waals surface area (Å²) < 4.78 is 5.21. The van der Waals surface area contributed by atoms with Crippen LogP contribution in [0.15, 0.2) is 35.0 Å². The van der Waals surface area contributed by atoms with Crippen molar-refractivity contribution in [3.63, 3.8) is 0 Å². The molecule has 0 aliphatic rings. The summed E-state index contributed by atoms with van der Waals surface area (Å²) in [5.41, 5.74) is 0. The second-order valence-corrected chi connectivity index (χ2v) is 3.18. The van der Waals surface area contributed by atoms with Crippen molar-refractivity contribution in [2.45, 2.75) is 13.3 Å². The Hall–Kier alpha value is -1.97. The van der Waals surface area contributed by atoms with Crippen LogP contribution in [0, 0.1) is 6.92 Å². The summed E-state index contributed by atoms with van der Waals surface area (Å²) in [6, 6.07) is 5.14. The molecule has 0 aliphatic carbocycles. The average Bonchev–Trinajstić information content (AvgIpc) is 2.66. The molecule has 0 saturated carbocycles. The normalized spacial score (nSPS) is 10.2. The zero-order valence-electron chi connectivity index (χ0n) is 8.30. The second-order valence-electron chi connectivity index (χ2n) is 3.18. The van der Waals surface area contributed by atoms with Gasteiger partial charge in [-0.3, -0.25) is 4.79 Å². The lowest BCUT2D eigenvalue weighted by Gasteiger charge is -1.95. The van der Waals surface area contributed by atoms with Gasteiger partial charge in [0.25, 0.3) is 0 Å². The molecule has 15 heavy (non-hydrogen) atoms. The number of carbonyl (C=O) groups excluding carboxylic acids is 1. The van der Waals surface area contributed by atoms with Crippen molar-refractivity contribution >= 4 is 5.78 Å². The summed E-state index contributed by atoms with van der Waals surface area (Å²) in [4.78, 5) is 19.6. The van der Waals surface area contributed by atoms with E-state index in [1.807, 2.05) is 0 Å². The molecule has 76 valence electrons. The first-order chi connectivity index (χ1) is 7.25. The summed E-state index contributed by atoms with van der Waals surface area (Å²) in [5.74, 6) is 1.50. The van der Waals surface area contributed by atoms with E-state index < -0.39 is 0 Å². The van der Waals surface area contributed by atoms with Crippen LogP contribution in [0.5, 0.6) is 0 Å². The maximum absolute atomic E-state index is 11.7. The molecule has 0 N–H and O–H groups in total. The second kappa shape index (κ2) is 4.04. The number of furan rings is 1. The molecule has 0 aliphatic heterocycles. The molecule has 0 aromatic carbocycles. The lowest BCUT2D eigenvalue weighted by atomic mass is 10.2. The number of nitrogens with zero attached hydrogens (tertiary/aromatic N) is 2. The molecule has 0 fully saturated rings. The molecule has 0 unspecified atom stereocenters. The highest BCUT2D eigenvalue weighted by atomic mass is 16.3. The highest BCUT2D eigenvalue weighted by molar-refractivity contribution is 5.94. The van der Waals surface area contributed by atoms with Crippen LogP contribution in [0.2, 0.25) is 0 Å². The molecule has 0 spiro atoms. The molecule has 2 aromatic heterocycles. The van der Waals surface area contributed by atoms with E-state index >= 15 is 0 Å². The molecule has 2 heterocycles. The Morgan fingerprint density at radius 1 is 1.33 bits per heavy atom. The molecule has 4 nitrogen and oxygen atoms in total. The number of aromatic nitrogens is 2. The summed E-state index contributed by atoms with van der Waals surface area (Å²) >= 11 is 0. The largest absolute Gasteiger partial charge is 0.458 e. The Bertz CT molecular complexity index is 462. The van der Waals surface area contributed by atoms with Gasteiger partial charge in [-0.05, 0) is 25.1 Å². The first kappa shape index (κ1) is 9.58. The number of aryl methyl sites for hydroxylation is 1. The van der Waals surface area contributed by atoms with Gasteiger partial charge in [0.2, 0.25) is 5.78 Å². The molecule has 0 bridgehead atoms. The minimum atomic E-state index is -0.102. The Morgan fingerprint density at radius 2 is 2.07 bits per heavy atom.